The van der Waals surface area contributed by atoms with E-state index in [9.17, 15) is 18.3 Å². The van der Waals surface area contributed by atoms with Gasteiger partial charge in [-0.2, -0.15) is 8.42 Å². The number of aliphatic hydroxyl groups is 1. The molecule has 0 spiro atoms. The van der Waals surface area contributed by atoms with Gasteiger partial charge < -0.3 is 9.84 Å². The predicted octanol–water partition coefficient (Wildman–Crippen LogP) is 2.08. The fourth-order valence-electron chi connectivity index (χ4n) is 2.64. The lowest BCUT2D eigenvalue weighted by atomic mass is 10.0. The number of anilines is 1. The van der Waals surface area contributed by atoms with E-state index in [4.69, 9.17) is 4.74 Å². The van der Waals surface area contributed by atoms with Crippen LogP contribution in [0.15, 0.2) is 54.6 Å². The third-order valence-electron chi connectivity index (χ3n) is 3.79. The van der Waals surface area contributed by atoms with E-state index in [-0.39, 0.29) is 13.2 Å². The predicted molar refractivity (Wildman–Crippen MR) is 89.0 cm³/mol. The van der Waals surface area contributed by atoms with Crippen molar-refractivity contribution in [1.82, 2.24) is 0 Å². The molecule has 1 aliphatic heterocycles. The number of para-hydroxylation sites is 1. The summed E-state index contributed by atoms with van der Waals surface area (Å²) in [5.74, 6) is 0. The lowest BCUT2D eigenvalue weighted by Gasteiger charge is -2.32. The fourth-order valence-corrected chi connectivity index (χ4v) is 3.84. The van der Waals surface area contributed by atoms with Gasteiger partial charge in [0.05, 0.1) is 18.3 Å². The van der Waals surface area contributed by atoms with Gasteiger partial charge in [-0.15, -0.1) is 0 Å². The number of carbonyl (C=O) groups excluding carboxylic acids is 1. The summed E-state index contributed by atoms with van der Waals surface area (Å²) in [6.45, 7) is -0.295. The summed E-state index contributed by atoms with van der Waals surface area (Å²) in [4.78, 5) is 12.1. The highest BCUT2D eigenvalue weighted by molar-refractivity contribution is 8.06. The maximum absolute atomic E-state index is 12.6. The van der Waals surface area contributed by atoms with E-state index >= 15 is 0 Å². The molecular weight excluding hydrogens is 330 g/mol. The van der Waals surface area contributed by atoms with Gasteiger partial charge in [0.2, 0.25) is 0 Å². The number of benzene rings is 2. The third-order valence-corrected chi connectivity index (χ3v) is 5.26. The highest BCUT2D eigenvalue weighted by Gasteiger charge is 2.37. The molecule has 2 aromatic rings. The Hall–Kier alpha value is -2.38. The van der Waals surface area contributed by atoms with Gasteiger partial charge in [0.1, 0.15) is 6.61 Å². The van der Waals surface area contributed by atoms with E-state index in [0.717, 1.165) is 4.31 Å². The van der Waals surface area contributed by atoms with Gasteiger partial charge >= 0.3 is 15.3 Å². The van der Waals surface area contributed by atoms with Gasteiger partial charge in [-0.3, -0.25) is 4.31 Å². The number of β-amino-alcohol motifs (C(OH)–C–C–N with tert-alkyl or cyclic N) is 1. The maximum atomic E-state index is 12.6. The van der Waals surface area contributed by atoms with Gasteiger partial charge in [-0.1, -0.05) is 48.5 Å². The number of nitrogens with zero attached hydrogens (tertiary/aromatic N) is 1. The van der Waals surface area contributed by atoms with E-state index in [0.29, 0.717) is 23.2 Å². The molecule has 1 N–H and O–H groups in total. The summed E-state index contributed by atoms with van der Waals surface area (Å²) in [6, 6.07) is 15.6. The van der Waals surface area contributed by atoms with Crippen molar-refractivity contribution in [1.29, 1.82) is 0 Å². The summed E-state index contributed by atoms with van der Waals surface area (Å²) < 4.78 is 31.0. The zero-order chi connectivity index (χ0) is 17.2. The smallest absolute Gasteiger partial charge is 0.445 e. The minimum Gasteiger partial charge on any atom is -0.448 e. The third kappa shape index (κ3) is 3.27. The molecule has 7 heteroatoms. The van der Waals surface area contributed by atoms with Crippen LogP contribution in [0.2, 0.25) is 0 Å². The summed E-state index contributed by atoms with van der Waals surface area (Å²) in [7, 11) is -4.37. The molecule has 1 atom stereocenters. The standard InChI is InChI=1S/C17H17NO5S/c19-15-10-14-8-4-5-9-16(14)18(11-15)24(21,22)17(20)23-12-13-6-2-1-3-7-13/h1-9,15,19H,10-12H2/t15-/m1/s1. The van der Waals surface area contributed by atoms with Crippen LogP contribution < -0.4 is 4.31 Å². The first kappa shape index (κ1) is 16.5. The van der Waals surface area contributed by atoms with Crippen molar-refractivity contribution in [3.8, 4) is 0 Å². The number of carbonyl (C=O) groups is 1. The monoisotopic (exact) mass is 347 g/mol. The van der Waals surface area contributed by atoms with Crippen molar-refractivity contribution in [2.75, 3.05) is 10.8 Å². The van der Waals surface area contributed by atoms with E-state index in [2.05, 4.69) is 0 Å². The molecule has 0 aromatic heterocycles. The summed E-state index contributed by atoms with van der Waals surface area (Å²) >= 11 is 0. The fraction of sp³-hybridized carbons (Fsp3) is 0.235. The average Bonchev–Trinajstić information content (AvgIpc) is 2.59. The molecule has 0 radical (unpaired) electrons. The number of ether oxygens (including phenoxy) is 1. The molecular formula is C17H17NO5S. The Labute approximate surface area is 140 Å². The minimum absolute atomic E-state index is 0.128. The van der Waals surface area contributed by atoms with Crippen LogP contribution in [0.1, 0.15) is 11.1 Å². The van der Waals surface area contributed by atoms with Crippen LogP contribution in [0.3, 0.4) is 0 Å². The van der Waals surface area contributed by atoms with Crippen LogP contribution in [0.4, 0.5) is 10.5 Å². The van der Waals surface area contributed by atoms with Gasteiger partial charge in [0.15, 0.2) is 0 Å². The first-order chi connectivity index (χ1) is 11.5. The van der Waals surface area contributed by atoms with Crippen LogP contribution >= 0.6 is 0 Å². The minimum atomic E-state index is -4.37. The maximum Gasteiger partial charge on any atom is 0.445 e. The van der Waals surface area contributed by atoms with E-state index in [1.165, 1.54) is 0 Å². The van der Waals surface area contributed by atoms with Gasteiger partial charge in [-0.05, 0) is 17.2 Å². The lowest BCUT2D eigenvalue weighted by molar-refractivity contribution is 0.164. The number of fused-ring (bicyclic) bond motifs is 1. The van der Waals surface area contributed by atoms with Crippen LogP contribution in [0.25, 0.3) is 0 Å². The van der Waals surface area contributed by atoms with E-state index < -0.39 is 21.4 Å². The highest BCUT2D eigenvalue weighted by Crippen LogP contribution is 2.30. The van der Waals surface area contributed by atoms with E-state index in [1.807, 2.05) is 6.07 Å². The number of aliphatic hydroxyl groups excluding tert-OH is 1. The van der Waals surface area contributed by atoms with Crippen molar-refractivity contribution >= 4 is 21.0 Å². The number of sulfonamides is 1. The normalized spacial score (nSPS) is 17.2. The van der Waals surface area contributed by atoms with Crippen LogP contribution in [0.5, 0.6) is 0 Å². The SMILES string of the molecule is O=C(OCc1ccccc1)S(=O)(=O)N1C[C@H](O)Cc2ccccc21. The second-order valence-electron chi connectivity index (χ2n) is 5.55. The molecule has 24 heavy (non-hydrogen) atoms. The van der Waals surface area contributed by atoms with Crippen molar-refractivity contribution < 1.29 is 23.1 Å². The quantitative estimate of drug-likeness (QED) is 0.860. The van der Waals surface area contributed by atoms with Crippen molar-refractivity contribution in [3.63, 3.8) is 0 Å². The molecule has 126 valence electrons. The zero-order valence-corrected chi connectivity index (χ0v) is 13.6. The Morgan fingerprint density at radius 3 is 2.54 bits per heavy atom. The number of rotatable bonds is 3. The molecule has 0 amide bonds. The molecule has 0 unspecified atom stereocenters. The Morgan fingerprint density at radius 1 is 1.12 bits per heavy atom. The number of hydrogen-bond acceptors (Lipinski definition) is 5. The molecule has 1 heterocycles. The van der Waals surface area contributed by atoms with Crippen molar-refractivity contribution in [2.24, 2.45) is 0 Å². The van der Waals surface area contributed by atoms with Crippen molar-refractivity contribution in [3.05, 3.63) is 65.7 Å². The Bertz CT molecular complexity index is 835. The topological polar surface area (TPSA) is 83.9 Å². The first-order valence-electron chi connectivity index (χ1n) is 7.48. The van der Waals surface area contributed by atoms with Crippen LogP contribution in [-0.4, -0.2) is 31.5 Å². The van der Waals surface area contributed by atoms with Crippen LogP contribution in [0, 0.1) is 0 Å². The molecule has 0 bridgehead atoms. The van der Waals surface area contributed by atoms with E-state index in [1.54, 1.807) is 48.5 Å². The Morgan fingerprint density at radius 2 is 1.79 bits per heavy atom. The molecule has 0 fully saturated rings. The molecule has 6 nitrogen and oxygen atoms in total. The van der Waals surface area contributed by atoms with Gasteiger partial charge in [0.25, 0.3) is 0 Å². The second-order valence-corrected chi connectivity index (χ2v) is 7.27. The van der Waals surface area contributed by atoms with Crippen LogP contribution in [-0.2, 0) is 27.8 Å². The Kier molecular flexibility index (Phi) is 4.55. The largest absolute Gasteiger partial charge is 0.448 e. The number of hydrogen-bond donors (Lipinski definition) is 1. The van der Waals surface area contributed by atoms with Gasteiger partial charge in [0, 0.05) is 6.42 Å². The zero-order valence-electron chi connectivity index (χ0n) is 12.8. The summed E-state index contributed by atoms with van der Waals surface area (Å²) in [6.07, 6.45) is -0.516. The lowest BCUT2D eigenvalue weighted by Crippen LogP contribution is -2.45. The molecule has 2 aromatic carbocycles. The summed E-state index contributed by atoms with van der Waals surface area (Å²) in [5.41, 5.74) is 1.77. The first-order valence-corrected chi connectivity index (χ1v) is 8.92. The van der Waals surface area contributed by atoms with Gasteiger partial charge in [-0.25, -0.2) is 4.79 Å². The second kappa shape index (κ2) is 6.62. The summed E-state index contributed by atoms with van der Waals surface area (Å²) in [5, 5.41) is 8.60. The molecule has 0 saturated heterocycles. The molecule has 0 saturated carbocycles. The molecule has 1 aliphatic rings. The highest BCUT2D eigenvalue weighted by atomic mass is 32.2. The average molecular weight is 347 g/mol. The molecule has 0 aliphatic carbocycles. The Balaban J connectivity index is 1.81. The molecule has 3 rings (SSSR count). The van der Waals surface area contributed by atoms with Crippen molar-refractivity contribution in [2.45, 2.75) is 19.1 Å².